The Morgan fingerprint density at radius 3 is 2.61 bits per heavy atom. The fraction of sp³-hybridized carbons (Fsp3) is 0.360. The average molecular weight is 488 g/mol. The molecule has 0 saturated carbocycles. The van der Waals surface area contributed by atoms with Crippen LogP contribution in [0.25, 0.3) is 11.0 Å². The van der Waals surface area contributed by atoms with Gasteiger partial charge in [-0.1, -0.05) is 35.3 Å². The van der Waals surface area contributed by atoms with E-state index in [9.17, 15) is 0 Å². The van der Waals surface area contributed by atoms with Crippen LogP contribution in [0.3, 0.4) is 0 Å². The van der Waals surface area contributed by atoms with Gasteiger partial charge in [-0.25, -0.2) is 0 Å². The molecule has 33 heavy (non-hydrogen) atoms. The van der Waals surface area contributed by atoms with Gasteiger partial charge in [-0.15, -0.1) is 0 Å². The Bertz CT molecular complexity index is 1150. The second-order valence-electron chi connectivity index (χ2n) is 8.26. The molecule has 6 nitrogen and oxygen atoms in total. The van der Waals surface area contributed by atoms with E-state index in [1.165, 1.54) is 12.5 Å². The zero-order valence-corrected chi connectivity index (χ0v) is 20.0. The summed E-state index contributed by atoms with van der Waals surface area (Å²) in [5.74, 6) is 1.28. The van der Waals surface area contributed by atoms with Gasteiger partial charge in [0.15, 0.2) is 11.7 Å². The maximum absolute atomic E-state index is 7.92. The Hall–Kier alpha value is -2.54. The molecule has 1 fully saturated rings. The normalized spacial score (nSPS) is 15.0. The van der Waals surface area contributed by atoms with Crippen molar-refractivity contribution in [2.45, 2.75) is 32.1 Å². The molecule has 2 heterocycles. The maximum atomic E-state index is 7.92. The number of ether oxygens (including phenoxy) is 2. The monoisotopic (exact) mass is 487 g/mol. The first-order chi connectivity index (χ1) is 15.9. The number of likely N-dealkylation sites (tertiary alicyclic amines) is 1. The standard InChI is InChI=1S/C25H27Cl2N3O3/c1-16(28)32-25(29)24-15-19-22(4-2-5-23(19)33-24)31-13-3-10-30-11-8-17(9-12-30)18-6-7-20(26)21(27)14-18/h2,4-7,14-15,17,28-29H,3,8-13H2,1H3. The van der Waals surface area contributed by atoms with Crippen LogP contribution in [0.5, 0.6) is 5.75 Å². The van der Waals surface area contributed by atoms with Crippen molar-refractivity contribution in [3.63, 3.8) is 0 Å². The number of furan rings is 1. The fourth-order valence-electron chi connectivity index (χ4n) is 4.20. The third-order valence-corrected chi connectivity index (χ3v) is 6.62. The molecule has 0 bridgehead atoms. The van der Waals surface area contributed by atoms with E-state index in [1.54, 1.807) is 6.07 Å². The third-order valence-electron chi connectivity index (χ3n) is 5.88. The highest BCUT2D eigenvalue weighted by atomic mass is 35.5. The summed E-state index contributed by atoms with van der Waals surface area (Å²) < 4.78 is 16.7. The van der Waals surface area contributed by atoms with Crippen molar-refractivity contribution in [2.75, 3.05) is 26.2 Å². The molecule has 2 aromatic carbocycles. The number of hydrogen-bond acceptors (Lipinski definition) is 6. The molecule has 3 aromatic rings. The predicted octanol–water partition coefficient (Wildman–Crippen LogP) is 6.73. The number of rotatable bonds is 7. The lowest BCUT2D eigenvalue weighted by atomic mass is 9.89. The van der Waals surface area contributed by atoms with E-state index in [2.05, 4.69) is 11.0 Å². The van der Waals surface area contributed by atoms with Crippen LogP contribution in [0.4, 0.5) is 0 Å². The molecular formula is C25H27Cl2N3O3. The largest absolute Gasteiger partial charge is 0.493 e. The van der Waals surface area contributed by atoms with Gasteiger partial charge in [-0.3, -0.25) is 10.8 Å². The van der Waals surface area contributed by atoms with Gasteiger partial charge < -0.3 is 18.8 Å². The summed E-state index contributed by atoms with van der Waals surface area (Å²) in [5.41, 5.74) is 1.90. The summed E-state index contributed by atoms with van der Waals surface area (Å²) >= 11 is 12.2. The van der Waals surface area contributed by atoms with E-state index in [1.807, 2.05) is 30.3 Å². The van der Waals surface area contributed by atoms with Gasteiger partial charge in [-0.2, -0.15) is 0 Å². The SMILES string of the molecule is CC(=N)OC(=N)c1cc2c(OCCCN3CCC(c4ccc(Cl)c(Cl)c4)CC3)cccc2o1. The molecule has 0 unspecified atom stereocenters. The number of benzene rings is 2. The molecule has 0 atom stereocenters. The third kappa shape index (κ3) is 5.88. The molecule has 0 spiro atoms. The minimum Gasteiger partial charge on any atom is -0.493 e. The van der Waals surface area contributed by atoms with Crippen molar-refractivity contribution in [1.29, 1.82) is 10.8 Å². The molecular weight excluding hydrogens is 461 g/mol. The van der Waals surface area contributed by atoms with Crippen LogP contribution in [-0.2, 0) is 4.74 Å². The van der Waals surface area contributed by atoms with Gasteiger partial charge >= 0.3 is 0 Å². The summed E-state index contributed by atoms with van der Waals surface area (Å²) in [4.78, 5) is 2.48. The van der Waals surface area contributed by atoms with Crippen molar-refractivity contribution in [3.05, 3.63) is 63.8 Å². The Morgan fingerprint density at radius 2 is 1.88 bits per heavy atom. The topological polar surface area (TPSA) is 82.5 Å². The van der Waals surface area contributed by atoms with Crippen molar-refractivity contribution in [2.24, 2.45) is 0 Å². The Balaban J connectivity index is 1.25. The van der Waals surface area contributed by atoms with E-state index >= 15 is 0 Å². The predicted molar refractivity (Wildman–Crippen MR) is 133 cm³/mol. The zero-order valence-electron chi connectivity index (χ0n) is 18.5. The van der Waals surface area contributed by atoms with E-state index in [-0.39, 0.29) is 17.6 Å². The van der Waals surface area contributed by atoms with Gasteiger partial charge in [0.25, 0.3) is 5.90 Å². The quantitative estimate of drug-likeness (QED) is 0.220. The van der Waals surface area contributed by atoms with Gasteiger partial charge in [0, 0.05) is 19.5 Å². The van der Waals surface area contributed by atoms with E-state index in [4.69, 9.17) is 47.9 Å². The lowest BCUT2D eigenvalue weighted by molar-refractivity contribution is 0.193. The van der Waals surface area contributed by atoms with Gasteiger partial charge in [0.2, 0.25) is 0 Å². The molecule has 1 aliphatic rings. The van der Waals surface area contributed by atoms with Crippen LogP contribution in [0.1, 0.15) is 43.4 Å². The van der Waals surface area contributed by atoms with Crippen LogP contribution in [0, 0.1) is 10.8 Å². The average Bonchev–Trinajstić information content (AvgIpc) is 3.24. The maximum Gasteiger partial charge on any atom is 0.256 e. The second kappa shape index (κ2) is 10.6. The fourth-order valence-corrected chi connectivity index (χ4v) is 4.51. The Morgan fingerprint density at radius 1 is 1.09 bits per heavy atom. The zero-order chi connectivity index (χ0) is 23.4. The summed E-state index contributed by atoms with van der Waals surface area (Å²) in [5, 5.41) is 17.3. The molecule has 2 N–H and O–H groups in total. The number of fused-ring (bicyclic) bond motifs is 1. The summed E-state index contributed by atoms with van der Waals surface area (Å²) in [6.45, 7) is 5.17. The number of halogens is 2. The van der Waals surface area contributed by atoms with Crippen molar-refractivity contribution >= 4 is 46.0 Å². The molecule has 8 heteroatoms. The second-order valence-corrected chi connectivity index (χ2v) is 9.07. The molecule has 1 aliphatic heterocycles. The number of piperidine rings is 1. The van der Waals surface area contributed by atoms with Crippen LogP contribution in [0.15, 0.2) is 46.9 Å². The number of nitrogens with zero attached hydrogens (tertiary/aromatic N) is 1. The Kier molecular flexibility index (Phi) is 7.58. The minimum absolute atomic E-state index is 0.0575. The molecule has 0 aliphatic carbocycles. The first kappa shape index (κ1) is 23.6. The van der Waals surface area contributed by atoms with Crippen molar-refractivity contribution < 1.29 is 13.9 Å². The molecule has 0 amide bonds. The molecule has 1 saturated heterocycles. The summed E-state index contributed by atoms with van der Waals surface area (Å²) in [6, 6.07) is 13.3. The lowest BCUT2D eigenvalue weighted by Gasteiger charge is -2.32. The summed E-state index contributed by atoms with van der Waals surface area (Å²) in [6.07, 6.45) is 3.14. The number of nitrogens with one attached hydrogen (secondary N) is 2. The van der Waals surface area contributed by atoms with Gasteiger partial charge in [0.05, 0.1) is 22.0 Å². The first-order valence-corrected chi connectivity index (χ1v) is 11.8. The van der Waals surface area contributed by atoms with E-state index in [0.717, 1.165) is 50.0 Å². The van der Waals surface area contributed by atoms with Crippen LogP contribution >= 0.6 is 23.2 Å². The highest BCUT2D eigenvalue weighted by Crippen LogP contribution is 2.32. The molecule has 0 radical (unpaired) electrons. The Labute approximate surface area is 203 Å². The smallest absolute Gasteiger partial charge is 0.256 e. The summed E-state index contributed by atoms with van der Waals surface area (Å²) in [7, 11) is 0. The molecule has 174 valence electrons. The van der Waals surface area contributed by atoms with Crippen LogP contribution < -0.4 is 4.74 Å². The van der Waals surface area contributed by atoms with Crippen molar-refractivity contribution in [1.82, 2.24) is 4.90 Å². The minimum atomic E-state index is -0.186. The van der Waals surface area contributed by atoms with E-state index in [0.29, 0.717) is 28.2 Å². The van der Waals surface area contributed by atoms with Crippen molar-refractivity contribution in [3.8, 4) is 5.75 Å². The highest BCUT2D eigenvalue weighted by Gasteiger charge is 2.21. The molecule has 1 aromatic heterocycles. The van der Waals surface area contributed by atoms with Crippen LogP contribution in [-0.4, -0.2) is 42.9 Å². The highest BCUT2D eigenvalue weighted by molar-refractivity contribution is 6.42. The van der Waals surface area contributed by atoms with Gasteiger partial charge in [0.1, 0.15) is 11.3 Å². The first-order valence-electron chi connectivity index (χ1n) is 11.1. The number of hydrogen-bond donors (Lipinski definition) is 2. The lowest BCUT2D eigenvalue weighted by Crippen LogP contribution is -2.34. The molecule has 4 rings (SSSR count). The van der Waals surface area contributed by atoms with E-state index < -0.39 is 0 Å². The van der Waals surface area contributed by atoms with Crippen LogP contribution in [0.2, 0.25) is 10.0 Å². The van der Waals surface area contributed by atoms with Gasteiger partial charge in [-0.05, 0) is 68.1 Å².